The van der Waals surface area contributed by atoms with Crippen LogP contribution in [0.25, 0.3) is 0 Å². The van der Waals surface area contributed by atoms with E-state index in [0.717, 1.165) is 18.2 Å². The van der Waals surface area contributed by atoms with Crippen molar-refractivity contribution >= 4 is 45.1 Å². The van der Waals surface area contributed by atoms with Crippen molar-refractivity contribution in [3.63, 3.8) is 0 Å². The summed E-state index contributed by atoms with van der Waals surface area (Å²) in [5, 5.41) is 11.6. The molecule has 2 aromatic rings. The van der Waals surface area contributed by atoms with Crippen LogP contribution >= 0.6 is 27.5 Å². The number of amides is 1. The van der Waals surface area contributed by atoms with E-state index < -0.39 is 17.7 Å². The summed E-state index contributed by atoms with van der Waals surface area (Å²) in [7, 11) is 0. The molecule has 0 heterocycles. The largest absolute Gasteiger partial charge is 0.478 e. The molecule has 2 rings (SSSR count). The number of benzene rings is 2. The van der Waals surface area contributed by atoms with Crippen molar-refractivity contribution in [3.05, 3.63) is 62.8 Å². The summed E-state index contributed by atoms with van der Waals surface area (Å²) in [6, 6.07) is 7.64. The third-order valence-electron chi connectivity index (χ3n) is 2.64. The zero-order valence-electron chi connectivity index (χ0n) is 10.4. The number of hydrogen-bond acceptors (Lipinski definition) is 2. The molecule has 21 heavy (non-hydrogen) atoms. The monoisotopic (exact) mass is 371 g/mol. The normalized spacial score (nSPS) is 10.2. The molecule has 0 saturated carbocycles. The average molecular weight is 373 g/mol. The Morgan fingerprint density at radius 1 is 1.14 bits per heavy atom. The highest BCUT2D eigenvalue weighted by Gasteiger charge is 2.16. The zero-order chi connectivity index (χ0) is 15.6. The van der Waals surface area contributed by atoms with E-state index >= 15 is 0 Å². The van der Waals surface area contributed by atoms with Crippen LogP contribution < -0.4 is 5.32 Å². The quantitative estimate of drug-likeness (QED) is 0.849. The van der Waals surface area contributed by atoms with Gasteiger partial charge in [0.25, 0.3) is 5.91 Å². The maximum absolute atomic E-state index is 13.2. The lowest BCUT2D eigenvalue weighted by atomic mass is 10.1. The molecule has 1 amide bonds. The van der Waals surface area contributed by atoms with Crippen LogP contribution in [0.5, 0.6) is 0 Å². The molecular weight excluding hydrogens is 365 g/mol. The van der Waals surface area contributed by atoms with Crippen molar-refractivity contribution in [2.24, 2.45) is 0 Å². The molecule has 0 unspecified atom stereocenters. The number of rotatable bonds is 3. The highest BCUT2D eigenvalue weighted by molar-refractivity contribution is 9.10. The van der Waals surface area contributed by atoms with E-state index in [9.17, 15) is 14.0 Å². The Morgan fingerprint density at radius 3 is 2.43 bits per heavy atom. The molecule has 0 aromatic heterocycles. The lowest BCUT2D eigenvalue weighted by molar-refractivity contribution is 0.0698. The lowest BCUT2D eigenvalue weighted by Crippen LogP contribution is -2.15. The maximum atomic E-state index is 13.2. The van der Waals surface area contributed by atoms with Gasteiger partial charge in [-0.05, 0) is 36.4 Å². The standard InChI is InChI=1S/C14H8BrClFNO3/c15-7-1-3-9(11(16)5-7)13(19)18-12-6-8(17)2-4-10(12)14(20)21/h1-6H,(H,18,19)(H,20,21). The molecule has 0 atom stereocenters. The van der Waals surface area contributed by atoms with E-state index in [-0.39, 0.29) is 21.8 Å². The van der Waals surface area contributed by atoms with Gasteiger partial charge in [-0.25, -0.2) is 9.18 Å². The van der Waals surface area contributed by atoms with Crippen LogP contribution in [-0.4, -0.2) is 17.0 Å². The zero-order valence-corrected chi connectivity index (χ0v) is 12.7. The van der Waals surface area contributed by atoms with E-state index in [1.165, 1.54) is 12.1 Å². The number of halogens is 3. The van der Waals surface area contributed by atoms with Gasteiger partial charge in [-0.15, -0.1) is 0 Å². The summed E-state index contributed by atoms with van der Waals surface area (Å²) in [6.07, 6.45) is 0. The molecule has 0 saturated heterocycles. The first-order chi connectivity index (χ1) is 9.88. The summed E-state index contributed by atoms with van der Waals surface area (Å²) in [4.78, 5) is 23.2. The second kappa shape index (κ2) is 6.24. The van der Waals surface area contributed by atoms with Crippen LogP contribution in [0.2, 0.25) is 5.02 Å². The van der Waals surface area contributed by atoms with E-state index in [0.29, 0.717) is 4.47 Å². The predicted molar refractivity (Wildman–Crippen MR) is 80.5 cm³/mol. The summed E-state index contributed by atoms with van der Waals surface area (Å²) < 4.78 is 13.9. The Kier molecular flexibility index (Phi) is 4.59. The fourth-order valence-electron chi connectivity index (χ4n) is 1.67. The number of carbonyl (C=O) groups is 2. The van der Waals surface area contributed by atoms with Gasteiger partial charge in [0.1, 0.15) is 5.82 Å². The summed E-state index contributed by atoms with van der Waals surface area (Å²) in [5.74, 6) is -2.55. The molecule has 108 valence electrons. The number of carbonyl (C=O) groups excluding carboxylic acids is 1. The van der Waals surface area contributed by atoms with Crippen molar-refractivity contribution in [1.29, 1.82) is 0 Å². The fourth-order valence-corrected chi connectivity index (χ4v) is 2.43. The SMILES string of the molecule is O=C(Nc1cc(F)ccc1C(=O)O)c1ccc(Br)cc1Cl. The molecule has 0 radical (unpaired) electrons. The lowest BCUT2D eigenvalue weighted by Gasteiger charge is -2.10. The first-order valence-electron chi connectivity index (χ1n) is 5.67. The number of aromatic carboxylic acids is 1. The average Bonchev–Trinajstić information content (AvgIpc) is 2.37. The van der Waals surface area contributed by atoms with Crippen LogP contribution in [0.3, 0.4) is 0 Å². The van der Waals surface area contributed by atoms with Crippen molar-refractivity contribution in [1.82, 2.24) is 0 Å². The third-order valence-corrected chi connectivity index (χ3v) is 3.44. The van der Waals surface area contributed by atoms with Gasteiger partial charge in [0.05, 0.1) is 21.8 Å². The Hall–Kier alpha value is -1.92. The molecule has 0 spiro atoms. The van der Waals surface area contributed by atoms with E-state index in [1.807, 2.05) is 0 Å². The summed E-state index contributed by atoms with van der Waals surface area (Å²) in [6.45, 7) is 0. The van der Waals surface area contributed by atoms with Gasteiger partial charge in [-0.2, -0.15) is 0 Å². The molecule has 7 heteroatoms. The smallest absolute Gasteiger partial charge is 0.337 e. The highest BCUT2D eigenvalue weighted by Crippen LogP contribution is 2.24. The second-order valence-electron chi connectivity index (χ2n) is 4.07. The van der Waals surface area contributed by atoms with Gasteiger partial charge in [-0.3, -0.25) is 4.79 Å². The van der Waals surface area contributed by atoms with E-state index in [1.54, 1.807) is 6.07 Å². The van der Waals surface area contributed by atoms with E-state index in [2.05, 4.69) is 21.2 Å². The second-order valence-corrected chi connectivity index (χ2v) is 5.40. The molecule has 0 aliphatic heterocycles. The number of nitrogens with one attached hydrogen (secondary N) is 1. The number of hydrogen-bond donors (Lipinski definition) is 2. The van der Waals surface area contributed by atoms with Gasteiger partial charge in [-0.1, -0.05) is 27.5 Å². The number of anilines is 1. The first-order valence-corrected chi connectivity index (χ1v) is 6.85. The molecule has 4 nitrogen and oxygen atoms in total. The third kappa shape index (κ3) is 3.59. The maximum Gasteiger partial charge on any atom is 0.337 e. The molecule has 2 aromatic carbocycles. The Labute approximate surface area is 132 Å². The van der Waals surface area contributed by atoms with Crippen LogP contribution in [0.1, 0.15) is 20.7 Å². The molecular formula is C14H8BrClFNO3. The van der Waals surface area contributed by atoms with E-state index in [4.69, 9.17) is 16.7 Å². The highest BCUT2D eigenvalue weighted by atomic mass is 79.9. The molecule has 0 aliphatic carbocycles. The van der Waals surface area contributed by atoms with Crippen molar-refractivity contribution < 1.29 is 19.1 Å². The number of carboxylic acids is 1. The topological polar surface area (TPSA) is 66.4 Å². The van der Waals surface area contributed by atoms with Crippen LogP contribution in [0.4, 0.5) is 10.1 Å². The Balaban J connectivity index is 2.35. The first kappa shape index (κ1) is 15.5. The Morgan fingerprint density at radius 2 is 1.81 bits per heavy atom. The minimum absolute atomic E-state index is 0.133. The van der Waals surface area contributed by atoms with Crippen molar-refractivity contribution in [3.8, 4) is 0 Å². The molecule has 2 N–H and O–H groups in total. The van der Waals surface area contributed by atoms with Gasteiger partial charge in [0.2, 0.25) is 0 Å². The van der Waals surface area contributed by atoms with Crippen molar-refractivity contribution in [2.45, 2.75) is 0 Å². The van der Waals surface area contributed by atoms with Crippen LogP contribution in [0.15, 0.2) is 40.9 Å². The molecule has 0 bridgehead atoms. The molecule has 0 aliphatic rings. The van der Waals surface area contributed by atoms with Crippen LogP contribution in [0, 0.1) is 5.82 Å². The molecule has 0 fully saturated rings. The minimum atomic E-state index is -1.27. The minimum Gasteiger partial charge on any atom is -0.478 e. The number of carboxylic acid groups (broad SMARTS) is 1. The van der Waals surface area contributed by atoms with Crippen molar-refractivity contribution in [2.75, 3.05) is 5.32 Å². The predicted octanol–water partition coefficient (Wildman–Crippen LogP) is 4.19. The summed E-state index contributed by atoms with van der Waals surface area (Å²) in [5.41, 5.74) is -0.190. The van der Waals surface area contributed by atoms with Gasteiger partial charge in [0.15, 0.2) is 0 Å². The van der Waals surface area contributed by atoms with Crippen LogP contribution in [-0.2, 0) is 0 Å². The van der Waals surface area contributed by atoms with Gasteiger partial charge in [0, 0.05) is 4.47 Å². The van der Waals surface area contributed by atoms with Gasteiger partial charge < -0.3 is 10.4 Å². The van der Waals surface area contributed by atoms with Gasteiger partial charge >= 0.3 is 5.97 Å². The summed E-state index contributed by atoms with van der Waals surface area (Å²) >= 11 is 9.15. The Bertz CT molecular complexity index is 736. The fraction of sp³-hybridized carbons (Fsp3) is 0.